The fraction of sp³-hybridized carbons (Fsp3) is 0.350. The number of hydrogen-bond donors (Lipinski definition) is 1. The Bertz CT molecular complexity index is 1850. The minimum absolute atomic E-state index is 0.0116. The van der Waals surface area contributed by atoms with Gasteiger partial charge in [-0.15, -0.1) is 11.8 Å². The molecular formula is C40H47N3O6S2. The van der Waals surface area contributed by atoms with Crippen LogP contribution in [0.1, 0.15) is 50.2 Å². The highest BCUT2D eigenvalue weighted by molar-refractivity contribution is 7.98. The van der Waals surface area contributed by atoms with Gasteiger partial charge < -0.3 is 19.7 Å². The summed E-state index contributed by atoms with van der Waals surface area (Å²) in [6.45, 7) is 1.60. The number of carbonyl (C=O) groups is 2. The van der Waals surface area contributed by atoms with E-state index in [-0.39, 0.29) is 35.5 Å². The molecule has 9 nitrogen and oxygen atoms in total. The average Bonchev–Trinajstić information content (AvgIpc) is 3.16. The Hall–Kier alpha value is -4.48. The van der Waals surface area contributed by atoms with Crippen LogP contribution < -0.4 is 19.1 Å². The molecule has 0 spiro atoms. The minimum Gasteiger partial charge on any atom is -0.497 e. The number of anilines is 1. The van der Waals surface area contributed by atoms with E-state index in [4.69, 9.17) is 9.47 Å². The molecule has 1 saturated carbocycles. The Morgan fingerprint density at radius 2 is 1.57 bits per heavy atom. The van der Waals surface area contributed by atoms with Gasteiger partial charge in [-0.05, 0) is 85.7 Å². The van der Waals surface area contributed by atoms with Crippen LogP contribution in [0.5, 0.6) is 11.5 Å². The molecule has 1 aliphatic carbocycles. The minimum atomic E-state index is -4.28. The van der Waals surface area contributed by atoms with Gasteiger partial charge in [0.1, 0.15) is 24.1 Å². The second-order valence-corrected chi connectivity index (χ2v) is 15.3. The Labute approximate surface area is 306 Å². The van der Waals surface area contributed by atoms with Crippen molar-refractivity contribution in [1.29, 1.82) is 0 Å². The lowest BCUT2D eigenvalue weighted by Gasteiger charge is -2.35. The molecule has 4 aromatic carbocycles. The number of carbonyl (C=O) groups excluding carboxylic acids is 2. The molecule has 270 valence electrons. The number of ether oxygens (including phenoxy) is 2. The molecule has 4 aromatic rings. The van der Waals surface area contributed by atoms with E-state index in [1.54, 1.807) is 55.6 Å². The summed E-state index contributed by atoms with van der Waals surface area (Å²) in [7, 11) is -2.71. The van der Waals surface area contributed by atoms with Crippen molar-refractivity contribution in [2.75, 3.05) is 30.8 Å². The van der Waals surface area contributed by atoms with Crippen molar-refractivity contribution >= 4 is 39.3 Å². The maximum absolute atomic E-state index is 14.9. The quantitative estimate of drug-likeness (QED) is 0.123. The summed E-state index contributed by atoms with van der Waals surface area (Å²) in [4.78, 5) is 31.8. The summed E-state index contributed by atoms with van der Waals surface area (Å²) in [5.74, 6) is 0.133. The molecule has 0 aliphatic heterocycles. The lowest BCUT2D eigenvalue weighted by Crippen LogP contribution is -2.55. The van der Waals surface area contributed by atoms with Crippen LogP contribution in [0.3, 0.4) is 0 Å². The van der Waals surface area contributed by atoms with Crippen molar-refractivity contribution in [3.8, 4) is 11.5 Å². The number of rotatable bonds is 16. The number of sulfonamides is 1. The van der Waals surface area contributed by atoms with Gasteiger partial charge >= 0.3 is 0 Å². The molecule has 51 heavy (non-hydrogen) atoms. The van der Waals surface area contributed by atoms with Crippen LogP contribution in [0.2, 0.25) is 0 Å². The van der Waals surface area contributed by atoms with Crippen LogP contribution in [0.25, 0.3) is 0 Å². The molecular weight excluding hydrogens is 683 g/mol. The molecule has 1 unspecified atom stereocenters. The van der Waals surface area contributed by atoms with Crippen molar-refractivity contribution in [2.24, 2.45) is 0 Å². The first-order chi connectivity index (χ1) is 24.7. The summed E-state index contributed by atoms with van der Waals surface area (Å²) in [6, 6.07) is 29.4. The number of nitrogens with zero attached hydrogens (tertiary/aromatic N) is 2. The van der Waals surface area contributed by atoms with Crippen LogP contribution in [0, 0.1) is 0 Å². The second kappa shape index (κ2) is 18.1. The lowest BCUT2D eigenvalue weighted by atomic mass is 9.94. The smallest absolute Gasteiger partial charge is 0.264 e. The van der Waals surface area contributed by atoms with Crippen LogP contribution in [0.4, 0.5) is 5.69 Å². The van der Waals surface area contributed by atoms with E-state index in [2.05, 4.69) is 5.32 Å². The topological polar surface area (TPSA) is 105 Å². The zero-order valence-electron chi connectivity index (χ0n) is 29.5. The maximum Gasteiger partial charge on any atom is 0.264 e. The molecule has 1 aliphatic rings. The second-order valence-electron chi connectivity index (χ2n) is 12.5. The van der Waals surface area contributed by atoms with Gasteiger partial charge in [-0.25, -0.2) is 8.42 Å². The molecule has 0 aromatic heterocycles. The number of para-hydroxylation sites is 2. The highest BCUT2D eigenvalue weighted by atomic mass is 32.2. The molecule has 0 saturated heterocycles. The third kappa shape index (κ3) is 9.86. The van der Waals surface area contributed by atoms with Crippen molar-refractivity contribution in [3.05, 3.63) is 114 Å². The van der Waals surface area contributed by atoms with Crippen molar-refractivity contribution < 1.29 is 27.5 Å². The highest BCUT2D eigenvalue weighted by Gasteiger charge is 2.36. The van der Waals surface area contributed by atoms with Crippen molar-refractivity contribution in [1.82, 2.24) is 10.2 Å². The van der Waals surface area contributed by atoms with E-state index in [0.717, 1.165) is 52.4 Å². The van der Waals surface area contributed by atoms with Crippen LogP contribution in [-0.2, 0) is 32.6 Å². The molecule has 11 heteroatoms. The molecule has 1 fully saturated rings. The Balaban J connectivity index is 1.60. The third-order valence-electron chi connectivity index (χ3n) is 9.07. The van der Waals surface area contributed by atoms with E-state index in [1.807, 2.05) is 67.8 Å². The normalized spacial score (nSPS) is 13.9. The fourth-order valence-electron chi connectivity index (χ4n) is 6.39. The molecule has 0 bridgehead atoms. The number of methoxy groups -OCH3 is 1. The summed E-state index contributed by atoms with van der Waals surface area (Å²) >= 11 is 1.50. The largest absolute Gasteiger partial charge is 0.497 e. The summed E-state index contributed by atoms with van der Waals surface area (Å²) in [5, 5.41) is 3.25. The Kier molecular flexibility index (Phi) is 13.4. The van der Waals surface area contributed by atoms with Gasteiger partial charge in [0, 0.05) is 23.9 Å². The third-order valence-corrected chi connectivity index (χ3v) is 11.6. The van der Waals surface area contributed by atoms with Crippen LogP contribution in [0.15, 0.2) is 113 Å². The predicted octanol–water partition coefficient (Wildman–Crippen LogP) is 7.10. The standard InChI is InChI=1S/C40H47N3O6S2/c1-4-49-38-21-12-11-20-36(38)43(51(46,47)35-24-22-34(50-3)23-25-35)29-39(44)42(28-31-16-13-19-33(26-31)48-2)37(27-30-14-7-5-8-15-30)40(45)41-32-17-9-6-10-18-32/h5,7-8,11-16,19-26,32,37H,4,6,9-10,17-18,27-29H2,1-3H3,(H,41,45). The molecule has 2 amide bonds. The molecule has 5 rings (SSSR count). The van der Waals surface area contributed by atoms with Gasteiger partial charge in [-0.1, -0.05) is 73.9 Å². The lowest BCUT2D eigenvalue weighted by molar-refractivity contribution is -0.140. The van der Waals surface area contributed by atoms with Crippen molar-refractivity contribution in [3.63, 3.8) is 0 Å². The predicted molar refractivity (Wildman–Crippen MR) is 203 cm³/mol. The van der Waals surface area contributed by atoms with Crippen LogP contribution in [-0.4, -0.2) is 63.7 Å². The SMILES string of the molecule is CCOc1ccccc1N(CC(=O)N(Cc1cccc(OC)c1)C(Cc1ccccc1)C(=O)NC1CCCCC1)S(=O)(=O)c1ccc(SC)cc1. The molecule has 0 heterocycles. The van der Waals surface area contributed by atoms with Crippen LogP contribution >= 0.6 is 11.8 Å². The number of amides is 2. The number of benzene rings is 4. The molecule has 0 radical (unpaired) electrons. The fourth-order valence-corrected chi connectivity index (χ4v) is 8.23. The number of thioether (sulfide) groups is 1. The van der Waals surface area contributed by atoms with Gasteiger partial charge in [0.15, 0.2) is 0 Å². The van der Waals surface area contributed by atoms with Gasteiger partial charge in [-0.3, -0.25) is 13.9 Å². The monoisotopic (exact) mass is 729 g/mol. The zero-order chi connectivity index (χ0) is 36.2. The summed E-state index contributed by atoms with van der Waals surface area (Å²) in [6.07, 6.45) is 7.11. The van der Waals surface area contributed by atoms with Gasteiger partial charge in [0.05, 0.1) is 24.3 Å². The molecule has 1 atom stereocenters. The Morgan fingerprint density at radius 1 is 0.882 bits per heavy atom. The summed E-state index contributed by atoms with van der Waals surface area (Å²) < 4.78 is 41.6. The Morgan fingerprint density at radius 3 is 2.25 bits per heavy atom. The highest BCUT2D eigenvalue weighted by Crippen LogP contribution is 2.33. The summed E-state index contributed by atoms with van der Waals surface area (Å²) in [5.41, 5.74) is 1.85. The zero-order valence-corrected chi connectivity index (χ0v) is 31.1. The maximum atomic E-state index is 14.9. The van der Waals surface area contributed by atoms with E-state index in [0.29, 0.717) is 18.1 Å². The average molecular weight is 730 g/mol. The van der Waals surface area contributed by atoms with E-state index >= 15 is 0 Å². The van der Waals surface area contributed by atoms with E-state index < -0.39 is 28.5 Å². The van der Waals surface area contributed by atoms with E-state index in [9.17, 15) is 18.0 Å². The number of nitrogens with one attached hydrogen (secondary N) is 1. The van der Waals surface area contributed by atoms with E-state index in [1.165, 1.54) is 16.7 Å². The van der Waals surface area contributed by atoms with Gasteiger partial charge in [0.2, 0.25) is 11.8 Å². The number of hydrogen-bond acceptors (Lipinski definition) is 7. The molecule has 1 N–H and O–H groups in total. The first kappa shape index (κ1) is 37.8. The van der Waals surface area contributed by atoms with Gasteiger partial charge in [0.25, 0.3) is 10.0 Å². The first-order valence-electron chi connectivity index (χ1n) is 17.4. The van der Waals surface area contributed by atoms with Crippen molar-refractivity contribution in [2.45, 2.75) is 73.9 Å². The van der Waals surface area contributed by atoms with Gasteiger partial charge in [-0.2, -0.15) is 0 Å². The first-order valence-corrected chi connectivity index (χ1v) is 20.0.